The van der Waals surface area contributed by atoms with E-state index in [0.29, 0.717) is 11.3 Å². The summed E-state index contributed by atoms with van der Waals surface area (Å²) in [7, 11) is 0. The summed E-state index contributed by atoms with van der Waals surface area (Å²) >= 11 is 10.9. The minimum absolute atomic E-state index is 0.0980. The Balaban J connectivity index is 2.36. The smallest absolute Gasteiger partial charge is 0.252 e. The standard InChI is InChI=1S/C13H11Cl2NO3/c1-7-2-3-8(12(14)18)4-10(7)16-6-9(13(15)19)5-11(16)17/h2-4,9H,5-6H2,1H3/t9-/m1/s1. The fourth-order valence-corrected chi connectivity index (χ4v) is 2.38. The quantitative estimate of drug-likeness (QED) is 0.806. The summed E-state index contributed by atoms with van der Waals surface area (Å²) in [4.78, 5) is 35.7. The Morgan fingerprint density at radius 1 is 1.32 bits per heavy atom. The van der Waals surface area contributed by atoms with E-state index in [1.807, 2.05) is 6.92 Å². The van der Waals surface area contributed by atoms with Gasteiger partial charge in [0.05, 0.1) is 5.92 Å². The third-order valence-corrected chi connectivity index (χ3v) is 3.70. The Hall–Kier alpha value is -1.39. The van der Waals surface area contributed by atoms with E-state index in [0.717, 1.165) is 5.56 Å². The number of nitrogens with zero attached hydrogens (tertiary/aromatic N) is 1. The molecule has 19 heavy (non-hydrogen) atoms. The van der Waals surface area contributed by atoms with Gasteiger partial charge >= 0.3 is 0 Å². The molecule has 6 heteroatoms. The molecule has 1 aliphatic heterocycles. The van der Waals surface area contributed by atoms with Crippen molar-refractivity contribution in [3.05, 3.63) is 29.3 Å². The first-order valence-corrected chi connectivity index (χ1v) is 6.46. The number of benzene rings is 1. The van der Waals surface area contributed by atoms with Gasteiger partial charge in [-0.3, -0.25) is 14.4 Å². The first-order valence-electron chi connectivity index (χ1n) is 5.70. The molecule has 1 saturated heterocycles. The molecule has 0 bridgehead atoms. The summed E-state index contributed by atoms with van der Waals surface area (Å²) in [5.74, 6) is -0.676. The monoisotopic (exact) mass is 299 g/mol. The summed E-state index contributed by atoms with van der Waals surface area (Å²) in [5.41, 5.74) is 1.74. The number of rotatable bonds is 3. The van der Waals surface area contributed by atoms with Crippen molar-refractivity contribution in [3.8, 4) is 0 Å². The zero-order valence-corrected chi connectivity index (χ0v) is 11.7. The van der Waals surface area contributed by atoms with E-state index in [1.165, 1.54) is 4.90 Å². The fourth-order valence-electron chi connectivity index (χ4n) is 2.11. The maximum absolute atomic E-state index is 11.9. The normalized spacial score (nSPS) is 18.8. The zero-order valence-electron chi connectivity index (χ0n) is 10.2. The van der Waals surface area contributed by atoms with Crippen LogP contribution in [-0.2, 0) is 9.59 Å². The van der Waals surface area contributed by atoms with E-state index >= 15 is 0 Å². The molecule has 1 atom stereocenters. The van der Waals surface area contributed by atoms with E-state index in [2.05, 4.69) is 0 Å². The molecule has 0 N–H and O–H groups in total. The first-order chi connectivity index (χ1) is 8.90. The lowest BCUT2D eigenvalue weighted by Crippen LogP contribution is -2.26. The van der Waals surface area contributed by atoms with Crippen LogP contribution in [0.15, 0.2) is 18.2 Å². The zero-order chi connectivity index (χ0) is 14.2. The number of carbonyl (C=O) groups is 3. The highest BCUT2D eigenvalue weighted by atomic mass is 35.5. The van der Waals surface area contributed by atoms with Gasteiger partial charge in [0.15, 0.2) is 0 Å². The molecule has 1 amide bonds. The molecule has 0 aromatic heterocycles. The van der Waals surface area contributed by atoms with Crippen molar-refractivity contribution in [2.75, 3.05) is 11.4 Å². The van der Waals surface area contributed by atoms with Crippen LogP contribution in [0.5, 0.6) is 0 Å². The third kappa shape index (κ3) is 2.80. The van der Waals surface area contributed by atoms with Crippen molar-refractivity contribution in [3.63, 3.8) is 0 Å². The third-order valence-electron chi connectivity index (χ3n) is 3.17. The fraction of sp³-hybridized carbons (Fsp3) is 0.308. The molecule has 0 spiro atoms. The number of hydrogen-bond acceptors (Lipinski definition) is 3. The van der Waals surface area contributed by atoms with Crippen LogP contribution in [0.2, 0.25) is 0 Å². The van der Waals surface area contributed by atoms with E-state index < -0.39 is 16.4 Å². The lowest BCUT2D eigenvalue weighted by molar-refractivity contribution is -0.120. The number of carbonyl (C=O) groups excluding carboxylic acids is 3. The van der Waals surface area contributed by atoms with Crippen LogP contribution < -0.4 is 4.90 Å². The molecule has 4 nitrogen and oxygen atoms in total. The predicted octanol–water partition coefficient (Wildman–Crippen LogP) is 2.49. The number of halogens is 2. The second-order valence-corrected chi connectivity index (χ2v) is 5.20. The average Bonchev–Trinajstić information content (AvgIpc) is 2.72. The summed E-state index contributed by atoms with van der Waals surface area (Å²) in [6.45, 7) is 2.06. The number of aryl methyl sites for hydroxylation is 1. The molecule has 0 aliphatic carbocycles. The first kappa shape index (κ1) is 14.0. The molecule has 1 aromatic rings. The minimum atomic E-state index is -0.585. The topological polar surface area (TPSA) is 54.5 Å². The van der Waals surface area contributed by atoms with Crippen molar-refractivity contribution < 1.29 is 14.4 Å². The van der Waals surface area contributed by atoms with Crippen molar-refractivity contribution in [1.29, 1.82) is 0 Å². The highest BCUT2D eigenvalue weighted by molar-refractivity contribution is 6.67. The van der Waals surface area contributed by atoms with Gasteiger partial charge in [0.1, 0.15) is 0 Å². The predicted molar refractivity (Wildman–Crippen MR) is 72.7 cm³/mol. The molecule has 2 rings (SSSR count). The van der Waals surface area contributed by atoms with Gasteiger partial charge in [0, 0.05) is 24.2 Å². The maximum atomic E-state index is 11.9. The lowest BCUT2D eigenvalue weighted by Gasteiger charge is -2.19. The number of amides is 1. The van der Waals surface area contributed by atoms with Crippen LogP contribution >= 0.6 is 23.2 Å². The molecule has 0 unspecified atom stereocenters. The van der Waals surface area contributed by atoms with Crippen molar-refractivity contribution >= 4 is 45.3 Å². The lowest BCUT2D eigenvalue weighted by atomic mass is 10.1. The maximum Gasteiger partial charge on any atom is 0.252 e. The average molecular weight is 300 g/mol. The highest BCUT2D eigenvalue weighted by Gasteiger charge is 2.35. The van der Waals surface area contributed by atoms with Gasteiger partial charge in [-0.15, -0.1) is 0 Å². The van der Waals surface area contributed by atoms with Crippen molar-refractivity contribution in [1.82, 2.24) is 0 Å². The van der Waals surface area contributed by atoms with Gasteiger partial charge < -0.3 is 4.90 Å². The Morgan fingerprint density at radius 3 is 2.53 bits per heavy atom. The second kappa shape index (κ2) is 5.31. The molecule has 0 radical (unpaired) electrons. The van der Waals surface area contributed by atoms with Crippen LogP contribution in [0, 0.1) is 12.8 Å². The SMILES string of the molecule is Cc1ccc(C(=O)Cl)cc1N1C[C@H](C(=O)Cl)CC1=O. The Labute approximate surface area is 120 Å². The van der Waals surface area contributed by atoms with E-state index in [9.17, 15) is 14.4 Å². The minimum Gasteiger partial charge on any atom is -0.311 e. The highest BCUT2D eigenvalue weighted by Crippen LogP contribution is 2.30. The van der Waals surface area contributed by atoms with Gasteiger partial charge in [0.25, 0.3) is 5.24 Å². The second-order valence-electron chi connectivity index (χ2n) is 4.48. The Kier molecular flexibility index (Phi) is 3.92. The van der Waals surface area contributed by atoms with Crippen molar-refractivity contribution in [2.45, 2.75) is 13.3 Å². The van der Waals surface area contributed by atoms with Gasteiger partial charge in [-0.1, -0.05) is 6.07 Å². The molecule has 1 heterocycles. The summed E-state index contributed by atoms with van der Waals surface area (Å²) in [5, 5.41) is -1.10. The van der Waals surface area contributed by atoms with Crippen LogP contribution in [-0.4, -0.2) is 22.9 Å². The molecular weight excluding hydrogens is 289 g/mol. The molecule has 0 saturated carbocycles. The molecule has 1 aliphatic rings. The van der Waals surface area contributed by atoms with Crippen molar-refractivity contribution in [2.24, 2.45) is 5.92 Å². The van der Waals surface area contributed by atoms with Gasteiger partial charge in [-0.25, -0.2) is 0 Å². The Bertz CT molecular complexity index is 571. The summed E-state index contributed by atoms with van der Waals surface area (Å²) < 4.78 is 0. The summed E-state index contributed by atoms with van der Waals surface area (Å²) in [6.07, 6.45) is 0.0980. The number of anilines is 1. The Morgan fingerprint density at radius 2 is 2.00 bits per heavy atom. The summed E-state index contributed by atoms with van der Waals surface area (Å²) in [6, 6.07) is 4.87. The van der Waals surface area contributed by atoms with Crippen LogP contribution in [0.4, 0.5) is 5.69 Å². The van der Waals surface area contributed by atoms with Crippen LogP contribution in [0.3, 0.4) is 0 Å². The molecule has 1 aromatic carbocycles. The van der Waals surface area contributed by atoms with Crippen LogP contribution in [0.25, 0.3) is 0 Å². The number of hydrogen-bond donors (Lipinski definition) is 0. The van der Waals surface area contributed by atoms with E-state index in [4.69, 9.17) is 23.2 Å². The van der Waals surface area contributed by atoms with Gasteiger partial charge in [-0.2, -0.15) is 0 Å². The van der Waals surface area contributed by atoms with Crippen LogP contribution in [0.1, 0.15) is 22.3 Å². The van der Waals surface area contributed by atoms with Gasteiger partial charge in [-0.05, 0) is 47.8 Å². The van der Waals surface area contributed by atoms with E-state index in [-0.39, 0.29) is 18.9 Å². The largest absolute Gasteiger partial charge is 0.311 e. The van der Waals surface area contributed by atoms with Gasteiger partial charge in [0.2, 0.25) is 11.1 Å². The van der Waals surface area contributed by atoms with E-state index in [1.54, 1.807) is 18.2 Å². The molecule has 1 fully saturated rings. The molecule has 100 valence electrons. The molecular formula is C13H11Cl2NO3.